The van der Waals surface area contributed by atoms with E-state index in [4.69, 9.17) is 15.9 Å². The first kappa shape index (κ1) is 25.6. The maximum absolute atomic E-state index is 12.4. The Labute approximate surface area is 214 Å². The summed E-state index contributed by atoms with van der Waals surface area (Å²) in [7, 11) is 0. The van der Waals surface area contributed by atoms with Gasteiger partial charge in [-0.25, -0.2) is 14.3 Å². The van der Waals surface area contributed by atoms with E-state index in [1.165, 1.54) is 21.5 Å². The summed E-state index contributed by atoms with van der Waals surface area (Å²) in [6, 6.07) is -0.332. The summed E-state index contributed by atoms with van der Waals surface area (Å²) in [5.41, 5.74) is -0.853. The number of hydrogen-bond acceptors (Lipinski definition) is 9. The van der Waals surface area contributed by atoms with E-state index < -0.39 is 53.3 Å². The van der Waals surface area contributed by atoms with Gasteiger partial charge in [-0.1, -0.05) is 5.21 Å². The topological polar surface area (TPSA) is 179 Å². The fourth-order valence-electron chi connectivity index (χ4n) is 4.91. The smallest absolute Gasteiger partial charge is 0.330 e. The Kier molecular flexibility index (Phi) is 6.74. The summed E-state index contributed by atoms with van der Waals surface area (Å²) < 4.78 is 16.2. The number of aliphatic hydroxyl groups excluding tert-OH is 1. The van der Waals surface area contributed by atoms with Gasteiger partial charge in [-0.2, -0.15) is 0 Å². The van der Waals surface area contributed by atoms with Crippen molar-refractivity contribution in [1.82, 2.24) is 34.1 Å². The third-order valence-electron chi connectivity index (χ3n) is 6.95. The second kappa shape index (κ2) is 10.0. The number of ether oxygens (including phenoxy) is 2. The number of aryl methyl sites for hydroxylation is 2. The van der Waals surface area contributed by atoms with Crippen LogP contribution in [-0.2, 0) is 15.9 Å². The van der Waals surface area contributed by atoms with Crippen molar-refractivity contribution >= 4 is 0 Å². The van der Waals surface area contributed by atoms with Crippen molar-refractivity contribution in [2.75, 3.05) is 0 Å². The van der Waals surface area contributed by atoms with Gasteiger partial charge in [0.1, 0.15) is 12.5 Å². The van der Waals surface area contributed by atoms with Gasteiger partial charge in [0.05, 0.1) is 30.0 Å². The Bertz CT molecular complexity index is 1620. The molecule has 2 aliphatic rings. The van der Waals surface area contributed by atoms with E-state index in [1.807, 2.05) is 0 Å². The molecule has 5 heterocycles. The maximum Gasteiger partial charge on any atom is 0.330 e. The number of nitrogens with zero attached hydrogens (tertiary/aromatic N) is 5. The van der Waals surface area contributed by atoms with E-state index in [-0.39, 0.29) is 25.3 Å². The predicted molar refractivity (Wildman–Crippen MR) is 131 cm³/mol. The summed E-state index contributed by atoms with van der Waals surface area (Å²) in [6.07, 6.45) is 7.78. The van der Waals surface area contributed by atoms with E-state index >= 15 is 0 Å². The molecule has 0 unspecified atom stereocenters. The Morgan fingerprint density at radius 3 is 2.16 bits per heavy atom. The number of aliphatic hydroxyl groups is 1. The van der Waals surface area contributed by atoms with E-state index in [9.17, 15) is 24.3 Å². The van der Waals surface area contributed by atoms with Gasteiger partial charge in [0.15, 0.2) is 0 Å². The van der Waals surface area contributed by atoms with E-state index in [0.717, 1.165) is 0 Å². The van der Waals surface area contributed by atoms with Crippen molar-refractivity contribution in [2.45, 2.75) is 76.3 Å². The quantitative estimate of drug-likeness (QED) is 0.342. The zero-order valence-corrected chi connectivity index (χ0v) is 20.7. The summed E-state index contributed by atoms with van der Waals surface area (Å²) in [6.45, 7) is 3.18. The van der Waals surface area contributed by atoms with Crippen molar-refractivity contribution in [3.63, 3.8) is 0 Å². The number of nitrogens with one attached hydrogen (secondary N) is 2. The number of H-pyrrole nitrogens is 2. The lowest BCUT2D eigenvalue weighted by molar-refractivity contribution is -0.0202. The fourth-order valence-corrected chi connectivity index (χ4v) is 4.91. The fraction of sp³-hybridized carbons (Fsp3) is 0.500. The van der Waals surface area contributed by atoms with Gasteiger partial charge in [0.2, 0.25) is 0 Å². The number of rotatable bonds is 6. The predicted octanol–water partition coefficient (Wildman–Crippen LogP) is -0.962. The van der Waals surface area contributed by atoms with Crippen LogP contribution in [-0.4, -0.2) is 57.5 Å². The van der Waals surface area contributed by atoms with Crippen LogP contribution in [0.25, 0.3) is 0 Å². The molecule has 14 heteroatoms. The van der Waals surface area contributed by atoms with Crippen LogP contribution in [0.15, 0.2) is 37.8 Å². The molecule has 6 atom stereocenters. The molecule has 5 rings (SSSR count). The SMILES string of the molecule is C#CC[C@H]1O[C@@H](n2cc(C)c(=O)[nH]c2=O)C[C@@H]1n1cc(C[C@H]2O[C@@H](n3cc(C)c(=O)[nH]c3=O)C[C@@H]2O)nn1. The van der Waals surface area contributed by atoms with Crippen molar-refractivity contribution in [1.29, 1.82) is 0 Å². The third kappa shape index (κ3) is 4.78. The second-order valence-electron chi connectivity index (χ2n) is 9.62. The van der Waals surface area contributed by atoms with Crippen LogP contribution in [0.2, 0.25) is 0 Å². The summed E-state index contributed by atoms with van der Waals surface area (Å²) in [4.78, 5) is 52.5. The van der Waals surface area contributed by atoms with Crippen LogP contribution < -0.4 is 22.5 Å². The Morgan fingerprint density at radius 2 is 1.55 bits per heavy atom. The van der Waals surface area contributed by atoms with Crippen molar-refractivity contribution in [2.24, 2.45) is 0 Å². The molecule has 0 aliphatic carbocycles. The van der Waals surface area contributed by atoms with E-state index in [0.29, 0.717) is 23.2 Å². The minimum atomic E-state index is -0.868. The largest absolute Gasteiger partial charge is 0.390 e. The Morgan fingerprint density at radius 1 is 0.974 bits per heavy atom. The molecule has 14 nitrogen and oxygen atoms in total. The maximum atomic E-state index is 12.4. The van der Waals surface area contributed by atoms with Gasteiger partial charge in [0, 0.05) is 55.4 Å². The van der Waals surface area contributed by atoms with Crippen LogP contribution in [0.5, 0.6) is 0 Å². The van der Waals surface area contributed by atoms with Crippen molar-refractivity contribution in [3.05, 3.63) is 77.1 Å². The van der Waals surface area contributed by atoms with Gasteiger partial charge in [0.25, 0.3) is 11.1 Å². The number of aromatic nitrogens is 7. The molecule has 2 fully saturated rings. The summed E-state index contributed by atoms with van der Waals surface area (Å²) >= 11 is 0. The molecule has 2 aliphatic heterocycles. The highest BCUT2D eigenvalue weighted by atomic mass is 16.5. The highest BCUT2D eigenvalue weighted by molar-refractivity contribution is 5.06. The number of terminal acetylenes is 1. The minimum Gasteiger partial charge on any atom is -0.390 e. The molecule has 3 N–H and O–H groups in total. The first-order valence-electron chi connectivity index (χ1n) is 12.1. The lowest BCUT2D eigenvalue weighted by Gasteiger charge is -2.16. The molecular formula is C24H27N7O7. The molecule has 2 saturated heterocycles. The molecular weight excluding hydrogens is 498 g/mol. The standard InChI is InChI=1S/C24H27N7O7/c1-4-5-17-15(7-19(37-17)29-9-12(2)21(33)25-23(29)35)31-11-14(27-28-31)6-18-16(32)8-20(38-18)30-10-13(3)22(34)26-24(30)36/h1,9-11,15-20,32H,5-8H2,2-3H3,(H,25,33,35)(H,26,34,36)/t15-,16-,17+,18+,19+,20+/m0/s1. The summed E-state index contributed by atoms with van der Waals surface area (Å²) in [5, 5.41) is 19.0. The van der Waals surface area contributed by atoms with Crippen LogP contribution >= 0.6 is 0 Å². The first-order valence-corrected chi connectivity index (χ1v) is 12.1. The van der Waals surface area contributed by atoms with Crippen LogP contribution in [0.1, 0.15) is 54.6 Å². The molecule has 0 bridgehead atoms. The van der Waals surface area contributed by atoms with Crippen LogP contribution in [0.4, 0.5) is 0 Å². The van der Waals surface area contributed by atoms with Crippen LogP contribution in [0.3, 0.4) is 0 Å². The Hall–Kier alpha value is -4.06. The van der Waals surface area contributed by atoms with Gasteiger partial charge in [-0.15, -0.1) is 17.4 Å². The zero-order valence-electron chi connectivity index (χ0n) is 20.7. The average Bonchev–Trinajstić information content (AvgIpc) is 3.58. The van der Waals surface area contributed by atoms with Gasteiger partial charge in [-0.05, 0) is 13.8 Å². The molecule has 0 spiro atoms. The molecule has 0 radical (unpaired) electrons. The average molecular weight is 526 g/mol. The van der Waals surface area contributed by atoms with E-state index in [2.05, 4.69) is 26.2 Å². The number of hydrogen-bond donors (Lipinski definition) is 3. The Balaban J connectivity index is 1.32. The molecule has 3 aromatic heterocycles. The highest BCUT2D eigenvalue weighted by Crippen LogP contribution is 2.37. The third-order valence-corrected chi connectivity index (χ3v) is 6.95. The van der Waals surface area contributed by atoms with Crippen LogP contribution in [0, 0.1) is 26.2 Å². The van der Waals surface area contributed by atoms with Gasteiger partial charge < -0.3 is 14.6 Å². The first-order chi connectivity index (χ1) is 18.1. The second-order valence-corrected chi connectivity index (χ2v) is 9.62. The monoisotopic (exact) mass is 525 g/mol. The van der Waals surface area contributed by atoms with E-state index in [1.54, 1.807) is 24.7 Å². The molecule has 0 amide bonds. The minimum absolute atomic E-state index is 0.167. The molecule has 38 heavy (non-hydrogen) atoms. The van der Waals surface area contributed by atoms with Gasteiger partial charge >= 0.3 is 11.4 Å². The molecule has 0 saturated carbocycles. The lowest BCUT2D eigenvalue weighted by Crippen LogP contribution is -2.33. The molecule has 200 valence electrons. The molecule has 0 aromatic carbocycles. The number of aromatic amines is 2. The van der Waals surface area contributed by atoms with Crippen molar-refractivity contribution in [3.8, 4) is 12.3 Å². The normalized spacial score (nSPS) is 27.0. The molecule has 3 aromatic rings. The zero-order chi connectivity index (χ0) is 27.1. The highest BCUT2D eigenvalue weighted by Gasteiger charge is 2.39. The van der Waals surface area contributed by atoms with Crippen molar-refractivity contribution < 1.29 is 14.6 Å². The lowest BCUT2D eigenvalue weighted by atomic mass is 10.1. The van der Waals surface area contributed by atoms with Gasteiger partial charge in [-0.3, -0.25) is 28.7 Å². The summed E-state index contributed by atoms with van der Waals surface area (Å²) in [5.74, 6) is 2.59.